The third kappa shape index (κ3) is 2.14. The zero-order valence-electron chi connectivity index (χ0n) is 13.8. The van der Waals surface area contributed by atoms with Crippen LogP contribution in [0.15, 0.2) is 48.5 Å². The molecule has 2 aromatic carbocycles. The van der Waals surface area contributed by atoms with Gasteiger partial charge in [-0.15, -0.1) is 12.4 Å². The number of hydrogen-bond donors (Lipinski definition) is 1. The summed E-state index contributed by atoms with van der Waals surface area (Å²) in [5.74, 6) is 1.01. The van der Waals surface area contributed by atoms with Crippen molar-refractivity contribution in [3.05, 3.63) is 59.7 Å². The molecule has 1 amide bonds. The van der Waals surface area contributed by atoms with E-state index >= 15 is 0 Å². The normalized spacial score (nSPS) is 24.8. The highest BCUT2D eigenvalue weighted by Gasteiger charge is 2.57. The van der Waals surface area contributed by atoms with E-state index < -0.39 is 5.41 Å². The van der Waals surface area contributed by atoms with Crippen LogP contribution in [-0.2, 0) is 10.2 Å². The first-order valence-electron chi connectivity index (χ1n) is 7.93. The monoisotopic (exact) mass is 344 g/mol. The van der Waals surface area contributed by atoms with Crippen LogP contribution >= 0.6 is 12.4 Å². The minimum Gasteiger partial charge on any atom is -0.497 e. The molecule has 4 nitrogen and oxygen atoms in total. The van der Waals surface area contributed by atoms with E-state index in [4.69, 9.17) is 4.74 Å². The lowest BCUT2D eigenvalue weighted by Crippen LogP contribution is -2.42. The number of nitrogens with zero attached hydrogens (tertiary/aromatic N) is 1. The second-order valence-corrected chi connectivity index (χ2v) is 6.26. The maximum absolute atomic E-state index is 13.2. The fourth-order valence-corrected chi connectivity index (χ4v) is 4.12. The van der Waals surface area contributed by atoms with E-state index in [0.29, 0.717) is 0 Å². The summed E-state index contributed by atoms with van der Waals surface area (Å²) in [5.41, 5.74) is 2.79. The fourth-order valence-electron chi connectivity index (χ4n) is 4.12. The molecule has 5 heteroatoms. The third-order valence-electron chi connectivity index (χ3n) is 5.24. The number of para-hydroxylation sites is 1. The first kappa shape index (κ1) is 16.8. The predicted molar refractivity (Wildman–Crippen MR) is 97.1 cm³/mol. The molecule has 0 saturated carbocycles. The van der Waals surface area contributed by atoms with E-state index in [2.05, 4.69) is 23.5 Å². The van der Waals surface area contributed by atoms with Gasteiger partial charge in [0.25, 0.3) is 0 Å². The van der Waals surface area contributed by atoms with Crippen molar-refractivity contribution in [3.8, 4) is 5.75 Å². The van der Waals surface area contributed by atoms with Gasteiger partial charge in [0.1, 0.15) is 5.75 Å². The van der Waals surface area contributed by atoms with E-state index in [-0.39, 0.29) is 24.4 Å². The van der Waals surface area contributed by atoms with Gasteiger partial charge < -0.3 is 15.0 Å². The van der Waals surface area contributed by atoms with Crippen LogP contribution < -0.4 is 15.0 Å². The first-order valence-corrected chi connectivity index (χ1v) is 7.93. The van der Waals surface area contributed by atoms with Gasteiger partial charge in [-0.1, -0.05) is 30.3 Å². The summed E-state index contributed by atoms with van der Waals surface area (Å²) in [6.45, 7) is 0.838. The highest BCUT2D eigenvalue weighted by Crippen LogP contribution is 2.52. The number of anilines is 1. The summed E-state index contributed by atoms with van der Waals surface area (Å²) < 4.78 is 5.25. The molecule has 2 heterocycles. The smallest absolute Gasteiger partial charge is 0.239 e. The molecule has 4 rings (SSSR count). The van der Waals surface area contributed by atoms with E-state index in [0.717, 1.165) is 35.5 Å². The number of methoxy groups -OCH3 is 1. The molecule has 2 aliphatic heterocycles. The van der Waals surface area contributed by atoms with Gasteiger partial charge in [0.15, 0.2) is 0 Å². The quantitative estimate of drug-likeness (QED) is 0.910. The van der Waals surface area contributed by atoms with Crippen LogP contribution in [-0.4, -0.2) is 26.6 Å². The Morgan fingerprint density at radius 2 is 1.88 bits per heavy atom. The lowest BCUT2D eigenvalue weighted by atomic mass is 9.73. The van der Waals surface area contributed by atoms with E-state index in [1.807, 2.05) is 37.4 Å². The van der Waals surface area contributed by atoms with Gasteiger partial charge in [0.2, 0.25) is 5.91 Å². The van der Waals surface area contributed by atoms with Crippen LogP contribution in [0.5, 0.6) is 5.75 Å². The lowest BCUT2D eigenvalue weighted by Gasteiger charge is -2.30. The number of carbonyl (C=O) groups is 1. The maximum Gasteiger partial charge on any atom is 0.239 e. The molecular formula is C19H21ClN2O2. The van der Waals surface area contributed by atoms with Crippen molar-refractivity contribution in [1.82, 2.24) is 5.32 Å². The Hall–Kier alpha value is -2.04. The standard InChI is InChI=1S/C19H20N2O2.ClH/c1-21-16-6-4-3-5-15(16)19(18(21)22)11-12-20-17(19)13-7-9-14(23-2)10-8-13;/h3-10,17,20H,11-12H2,1-2H3;1H/t17-,19?;/m0./s1. The molecule has 24 heavy (non-hydrogen) atoms. The molecule has 0 aromatic heterocycles. The number of halogens is 1. The zero-order chi connectivity index (χ0) is 16.0. The highest BCUT2D eigenvalue weighted by atomic mass is 35.5. The summed E-state index contributed by atoms with van der Waals surface area (Å²) in [6.07, 6.45) is 0.823. The zero-order valence-corrected chi connectivity index (χ0v) is 14.6. The van der Waals surface area contributed by atoms with E-state index in [1.54, 1.807) is 12.0 Å². The summed E-state index contributed by atoms with van der Waals surface area (Å²) in [6, 6.07) is 16.2. The Labute approximate surface area is 148 Å². The number of hydrogen-bond acceptors (Lipinski definition) is 3. The third-order valence-corrected chi connectivity index (χ3v) is 5.24. The van der Waals surface area contributed by atoms with Crippen LogP contribution in [0.2, 0.25) is 0 Å². The number of carbonyl (C=O) groups excluding carboxylic acids is 1. The Morgan fingerprint density at radius 1 is 1.17 bits per heavy atom. The van der Waals surface area contributed by atoms with Crippen molar-refractivity contribution in [2.75, 3.05) is 25.6 Å². The average molecular weight is 345 g/mol. The van der Waals surface area contributed by atoms with Gasteiger partial charge >= 0.3 is 0 Å². The molecule has 2 atom stereocenters. The summed E-state index contributed by atoms with van der Waals surface area (Å²) in [5, 5.41) is 3.55. The van der Waals surface area contributed by atoms with Crippen LogP contribution in [0.25, 0.3) is 0 Å². The summed E-state index contributed by atoms with van der Waals surface area (Å²) in [7, 11) is 3.54. The van der Waals surface area contributed by atoms with Gasteiger partial charge in [-0.25, -0.2) is 0 Å². The Morgan fingerprint density at radius 3 is 2.58 bits per heavy atom. The topological polar surface area (TPSA) is 41.6 Å². The molecule has 0 bridgehead atoms. The molecule has 1 fully saturated rings. The van der Waals surface area contributed by atoms with Crippen molar-refractivity contribution in [1.29, 1.82) is 0 Å². The van der Waals surface area contributed by atoms with Crippen molar-refractivity contribution < 1.29 is 9.53 Å². The van der Waals surface area contributed by atoms with Crippen molar-refractivity contribution in [2.24, 2.45) is 0 Å². The minimum atomic E-state index is -0.500. The summed E-state index contributed by atoms with van der Waals surface area (Å²) in [4.78, 5) is 15.0. The Kier molecular flexibility index (Phi) is 4.28. The molecule has 1 spiro atoms. The minimum absolute atomic E-state index is 0. The largest absolute Gasteiger partial charge is 0.497 e. The molecule has 1 N–H and O–H groups in total. The van der Waals surface area contributed by atoms with Gasteiger partial charge in [-0.2, -0.15) is 0 Å². The maximum atomic E-state index is 13.2. The lowest BCUT2D eigenvalue weighted by molar-refractivity contribution is -0.123. The van der Waals surface area contributed by atoms with Crippen LogP contribution in [0.1, 0.15) is 23.6 Å². The number of nitrogens with one attached hydrogen (secondary N) is 1. The van der Waals surface area contributed by atoms with Gasteiger partial charge in [-0.3, -0.25) is 4.79 Å². The van der Waals surface area contributed by atoms with E-state index in [9.17, 15) is 4.79 Å². The van der Waals surface area contributed by atoms with Crippen LogP contribution in [0.3, 0.4) is 0 Å². The number of fused-ring (bicyclic) bond motifs is 2. The number of likely N-dealkylation sites (N-methyl/N-ethyl adjacent to an activating group) is 1. The number of benzene rings is 2. The molecule has 2 aromatic rings. The van der Waals surface area contributed by atoms with Crippen LogP contribution in [0.4, 0.5) is 5.69 Å². The molecular weight excluding hydrogens is 324 g/mol. The van der Waals surface area contributed by atoms with E-state index in [1.165, 1.54) is 0 Å². The SMILES string of the molecule is COc1ccc([C@@H]2NCCC23C(=O)N(C)c2ccccc23)cc1.Cl. The Balaban J connectivity index is 0.00000169. The second-order valence-electron chi connectivity index (χ2n) is 6.26. The first-order chi connectivity index (χ1) is 11.2. The summed E-state index contributed by atoms with van der Waals surface area (Å²) >= 11 is 0. The molecule has 2 aliphatic rings. The number of ether oxygens (including phenoxy) is 1. The Bertz CT molecular complexity index is 762. The van der Waals surface area contributed by atoms with Gasteiger partial charge in [-0.05, 0) is 42.3 Å². The number of rotatable bonds is 2. The second kappa shape index (κ2) is 6.11. The van der Waals surface area contributed by atoms with Gasteiger partial charge in [0.05, 0.1) is 18.6 Å². The molecule has 1 unspecified atom stereocenters. The average Bonchev–Trinajstić information content (AvgIpc) is 3.13. The van der Waals surface area contributed by atoms with Crippen molar-refractivity contribution in [2.45, 2.75) is 17.9 Å². The molecule has 0 radical (unpaired) electrons. The van der Waals surface area contributed by atoms with Crippen molar-refractivity contribution in [3.63, 3.8) is 0 Å². The number of amides is 1. The fraction of sp³-hybridized carbons (Fsp3) is 0.316. The molecule has 1 saturated heterocycles. The predicted octanol–water partition coefficient (Wildman–Crippen LogP) is 3.07. The van der Waals surface area contributed by atoms with Crippen molar-refractivity contribution >= 4 is 24.0 Å². The highest BCUT2D eigenvalue weighted by molar-refractivity contribution is 6.08. The molecule has 126 valence electrons. The van der Waals surface area contributed by atoms with Gasteiger partial charge in [0, 0.05) is 12.7 Å². The molecule has 0 aliphatic carbocycles. The van der Waals surface area contributed by atoms with Crippen LogP contribution in [0, 0.1) is 0 Å².